The molecule has 0 aromatic heterocycles. The van der Waals surface area contributed by atoms with E-state index >= 15 is 0 Å². The number of hydrogen-bond acceptors (Lipinski definition) is 3. The minimum absolute atomic E-state index is 0.165. The van der Waals surface area contributed by atoms with Crippen LogP contribution in [0.1, 0.15) is 11.1 Å². The summed E-state index contributed by atoms with van der Waals surface area (Å²) in [5.74, 6) is 0. The quantitative estimate of drug-likeness (QED) is 0.481. The first kappa shape index (κ1) is 13.1. The van der Waals surface area contributed by atoms with E-state index in [-0.39, 0.29) is 10.6 Å². The van der Waals surface area contributed by atoms with Crippen molar-refractivity contribution in [2.24, 2.45) is 0 Å². The van der Waals surface area contributed by atoms with E-state index < -0.39 is 0 Å². The van der Waals surface area contributed by atoms with Crippen molar-refractivity contribution in [1.29, 1.82) is 0 Å². The van der Waals surface area contributed by atoms with E-state index in [0.29, 0.717) is 10.9 Å². The molecule has 2 aromatic carbocycles. The zero-order valence-corrected chi connectivity index (χ0v) is 12.3. The Labute approximate surface area is 125 Å². The van der Waals surface area contributed by atoms with E-state index in [9.17, 15) is 10.1 Å². The minimum Gasteiger partial charge on any atom is -0.341 e. The Balaban J connectivity index is 2.02. The zero-order valence-electron chi connectivity index (χ0n) is 10.8. The monoisotopic (exact) mass is 332 g/mol. The Hall–Kier alpha value is -1.88. The molecule has 0 fully saturated rings. The zero-order chi connectivity index (χ0) is 14.1. The Morgan fingerprint density at radius 1 is 1.25 bits per heavy atom. The highest BCUT2D eigenvalue weighted by atomic mass is 79.9. The summed E-state index contributed by atoms with van der Waals surface area (Å²) in [6.45, 7) is 0.916. The van der Waals surface area contributed by atoms with Gasteiger partial charge < -0.3 is 4.90 Å². The number of alkyl halides is 1. The molecule has 1 aliphatic heterocycles. The van der Waals surface area contributed by atoms with Crippen molar-refractivity contribution in [3.8, 4) is 0 Å². The van der Waals surface area contributed by atoms with Gasteiger partial charge >= 0.3 is 0 Å². The number of benzene rings is 2. The van der Waals surface area contributed by atoms with Gasteiger partial charge in [-0.3, -0.25) is 10.1 Å². The average Bonchev–Trinajstić information content (AvgIpc) is 2.90. The Kier molecular flexibility index (Phi) is 3.44. The van der Waals surface area contributed by atoms with Gasteiger partial charge in [0.05, 0.1) is 4.92 Å². The van der Waals surface area contributed by atoms with E-state index in [0.717, 1.165) is 18.7 Å². The van der Waals surface area contributed by atoms with Crippen molar-refractivity contribution in [2.45, 2.75) is 11.8 Å². The molecule has 1 heterocycles. The Morgan fingerprint density at radius 2 is 2.05 bits per heavy atom. The highest BCUT2D eigenvalue weighted by Crippen LogP contribution is 2.36. The van der Waals surface area contributed by atoms with Gasteiger partial charge in [-0.05, 0) is 30.2 Å². The lowest BCUT2D eigenvalue weighted by molar-refractivity contribution is -0.385. The third kappa shape index (κ3) is 2.18. The van der Waals surface area contributed by atoms with Crippen LogP contribution in [-0.2, 0) is 11.8 Å². The summed E-state index contributed by atoms with van der Waals surface area (Å²) < 4.78 is 0. The molecule has 2 aromatic rings. The summed E-state index contributed by atoms with van der Waals surface area (Å²) >= 11 is 3.33. The first-order valence-corrected chi connectivity index (χ1v) is 7.51. The van der Waals surface area contributed by atoms with E-state index in [1.165, 1.54) is 11.3 Å². The van der Waals surface area contributed by atoms with E-state index in [1.54, 1.807) is 6.07 Å². The van der Waals surface area contributed by atoms with Crippen LogP contribution in [0.2, 0.25) is 0 Å². The van der Waals surface area contributed by atoms with Crippen molar-refractivity contribution in [1.82, 2.24) is 0 Å². The van der Waals surface area contributed by atoms with Crippen molar-refractivity contribution < 1.29 is 4.92 Å². The lowest BCUT2D eigenvalue weighted by Gasteiger charge is -2.20. The van der Waals surface area contributed by atoms with Crippen molar-refractivity contribution >= 4 is 33.0 Å². The number of anilines is 2. The molecular formula is C15H13BrN2O2. The largest absolute Gasteiger partial charge is 0.341 e. The van der Waals surface area contributed by atoms with Crippen LogP contribution < -0.4 is 4.90 Å². The summed E-state index contributed by atoms with van der Waals surface area (Å²) in [4.78, 5) is 12.9. The number of nitro groups is 1. The normalized spacial score (nSPS) is 13.3. The molecule has 0 saturated carbocycles. The standard InChI is InChI=1S/C15H13BrN2O2/c16-10-12-9-13(5-6-15(12)18(19)20)17-8-7-11-3-1-2-4-14(11)17/h1-6,9H,7-8,10H2. The number of hydrogen-bond donors (Lipinski definition) is 0. The summed E-state index contributed by atoms with van der Waals surface area (Å²) in [5, 5.41) is 11.5. The number of nitrogens with zero attached hydrogens (tertiary/aromatic N) is 2. The molecule has 5 heteroatoms. The number of rotatable bonds is 3. The fourth-order valence-electron chi connectivity index (χ4n) is 2.63. The van der Waals surface area contributed by atoms with Gasteiger partial charge in [-0.1, -0.05) is 34.1 Å². The second-order valence-electron chi connectivity index (χ2n) is 4.73. The van der Waals surface area contributed by atoms with E-state index in [4.69, 9.17) is 0 Å². The van der Waals surface area contributed by atoms with Gasteiger partial charge in [0.15, 0.2) is 0 Å². The third-order valence-corrected chi connectivity index (χ3v) is 4.21. The van der Waals surface area contributed by atoms with Gasteiger partial charge in [0.1, 0.15) is 0 Å². The van der Waals surface area contributed by atoms with Gasteiger partial charge in [0.2, 0.25) is 0 Å². The smallest absolute Gasteiger partial charge is 0.273 e. The highest BCUT2D eigenvalue weighted by molar-refractivity contribution is 9.08. The minimum atomic E-state index is -0.335. The lowest BCUT2D eigenvalue weighted by Crippen LogP contribution is -2.13. The first-order valence-electron chi connectivity index (χ1n) is 6.39. The first-order chi connectivity index (χ1) is 9.70. The van der Waals surface area contributed by atoms with E-state index in [1.807, 2.05) is 24.3 Å². The second-order valence-corrected chi connectivity index (χ2v) is 5.29. The van der Waals surface area contributed by atoms with Gasteiger partial charge in [-0.15, -0.1) is 0 Å². The summed E-state index contributed by atoms with van der Waals surface area (Å²) in [7, 11) is 0. The fraction of sp³-hybridized carbons (Fsp3) is 0.200. The maximum absolute atomic E-state index is 11.0. The molecule has 0 saturated heterocycles. The van der Waals surface area contributed by atoms with Crippen molar-refractivity contribution in [3.63, 3.8) is 0 Å². The lowest BCUT2D eigenvalue weighted by atomic mass is 10.1. The molecule has 0 spiro atoms. The van der Waals surface area contributed by atoms with Crippen LogP contribution >= 0.6 is 15.9 Å². The molecule has 3 rings (SSSR count). The summed E-state index contributed by atoms with van der Waals surface area (Å²) in [5.41, 5.74) is 4.40. The van der Waals surface area contributed by atoms with Crippen LogP contribution in [0.5, 0.6) is 0 Å². The Morgan fingerprint density at radius 3 is 2.80 bits per heavy atom. The van der Waals surface area contributed by atoms with Crippen LogP contribution in [0, 0.1) is 10.1 Å². The topological polar surface area (TPSA) is 46.4 Å². The molecule has 0 radical (unpaired) electrons. The molecule has 0 atom stereocenters. The van der Waals surface area contributed by atoms with Crippen molar-refractivity contribution in [3.05, 3.63) is 63.7 Å². The number of para-hydroxylation sites is 1. The molecular weight excluding hydrogens is 320 g/mol. The third-order valence-electron chi connectivity index (χ3n) is 3.60. The van der Waals surface area contributed by atoms with Crippen LogP contribution in [0.25, 0.3) is 0 Å². The molecule has 0 bridgehead atoms. The number of halogens is 1. The number of nitro benzene ring substituents is 1. The molecule has 1 aliphatic rings. The van der Waals surface area contributed by atoms with Crippen LogP contribution in [0.4, 0.5) is 17.1 Å². The van der Waals surface area contributed by atoms with Crippen molar-refractivity contribution in [2.75, 3.05) is 11.4 Å². The fourth-order valence-corrected chi connectivity index (χ4v) is 3.08. The molecule has 0 N–H and O–H groups in total. The van der Waals surface area contributed by atoms with Crippen LogP contribution in [-0.4, -0.2) is 11.5 Å². The van der Waals surface area contributed by atoms with Gasteiger partial charge in [-0.2, -0.15) is 0 Å². The molecule has 4 nitrogen and oxygen atoms in total. The summed E-state index contributed by atoms with van der Waals surface area (Å²) in [6, 6.07) is 13.6. The molecule has 102 valence electrons. The average molecular weight is 333 g/mol. The predicted molar refractivity (Wildman–Crippen MR) is 82.9 cm³/mol. The highest BCUT2D eigenvalue weighted by Gasteiger charge is 2.22. The second kappa shape index (κ2) is 5.25. The van der Waals surface area contributed by atoms with Crippen LogP contribution in [0.3, 0.4) is 0 Å². The Bertz CT molecular complexity index is 673. The summed E-state index contributed by atoms with van der Waals surface area (Å²) in [6.07, 6.45) is 1.01. The van der Waals surface area contributed by atoms with Gasteiger partial charge in [0.25, 0.3) is 5.69 Å². The molecule has 20 heavy (non-hydrogen) atoms. The van der Waals surface area contributed by atoms with Gasteiger partial charge in [0, 0.05) is 34.9 Å². The molecule has 0 amide bonds. The maximum atomic E-state index is 11.0. The molecule has 0 aliphatic carbocycles. The van der Waals surface area contributed by atoms with Crippen LogP contribution in [0.15, 0.2) is 42.5 Å². The molecule has 0 unspecified atom stereocenters. The number of fused-ring (bicyclic) bond motifs is 1. The predicted octanol–water partition coefficient (Wildman–Crippen LogP) is 4.18. The van der Waals surface area contributed by atoms with Gasteiger partial charge in [-0.25, -0.2) is 0 Å². The van der Waals surface area contributed by atoms with E-state index in [2.05, 4.69) is 33.0 Å². The maximum Gasteiger partial charge on any atom is 0.273 e. The SMILES string of the molecule is O=[N+]([O-])c1ccc(N2CCc3ccccc32)cc1CBr.